The average Bonchev–Trinajstić information content (AvgIpc) is 2.28. The van der Waals surface area contributed by atoms with Crippen LogP contribution >= 0.6 is 0 Å². The maximum atomic E-state index is 11.3. The van der Waals surface area contributed by atoms with Crippen molar-refractivity contribution in [1.82, 2.24) is 5.32 Å². The highest BCUT2D eigenvalue weighted by Crippen LogP contribution is 2.14. The normalized spacial score (nSPS) is 10.1. The Morgan fingerprint density at radius 3 is 2.94 bits per heavy atom. The first kappa shape index (κ1) is 12.5. The van der Waals surface area contributed by atoms with E-state index < -0.39 is 0 Å². The second-order valence-corrected chi connectivity index (χ2v) is 3.65. The summed E-state index contributed by atoms with van der Waals surface area (Å²) in [4.78, 5) is 11.3. The Hall–Kier alpha value is -1.55. The number of amides is 1. The standard InChI is InChI=1S/C12H18N2O2/c1-9-10(4-3-5-11(9)13)8-14-12(15)6-7-16-2/h3-5H,6-8,13H2,1-2H3,(H,14,15). The molecule has 88 valence electrons. The van der Waals surface area contributed by atoms with E-state index in [1.807, 2.05) is 25.1 Å². The Morgan fingerprint density at radius 2 is 2.25 bits per heavy atom. The summed E-state index contributed by atoms with van der Waals surface area (Å²) in [6.45, 7) is 2.91. The van der Waals surface area contributed by atoms with Gasteiger partial charge in [-0.05, 0) is 24.1 Å². The molecule has 0 bridgehead atoms. The van der Waals surface area contributed by atoms with Crippen LogP contribution in [0.3, 0.4) is 0 Å². The molecule has 4 nitrogen and oxygen atoms in total. The largest absolute Gasteiger partial charge is 0.399 e. The summed E-state index contributed by atoms with van der Waals surface area (Å²) < 4.78 is 4.83. The molecule has 0 radical (unpaired) electrons. The van der Waals surface area contributed by atoms with Crippen molar-refractivity contribution in [3.8, 4) is 0 Å². The fourth-order valence-electron chi connectivity index (χ4n) is 1.37. The molecule has 0 unspecified atom stereocenters. The summed E-state index contributed by atoms with van der Waals surface area (Å²) in [5.41, 5.74) is 8.60. The summed E-state index contributed by atoms with van der Waals surface area (Å²) >= 11 is 0. The molecule has 0 saturated heterocycles. The lowest BCUT2D eigenvalue weighted by Gasteiger charge is -2.09. The highest BCUT2D eigenvalue weighted by atomic mass is 16.5. The Kier molecular flexibility index (Phi) is 4.79. The van der Waals surface area contributed by atoms with Crippen LogP contribution in [0.1, 0.15) is 17.5 Å². The van der Waals surface area contributed by atoms with Gasteiger partial charge in [-0.1, -0.05) is 12.1 Å². The predicted octanol–water partition coefficient (Wildman–Crippen LogP) is 1.23. The van der Waals surface area contributed by atoms with E-state index >= 15 is 0 Å². The summed E-state index contributed by atoms with van der Waals surface area (Å²) in [5, 5.41) is 2.83. The number of hydrogen-bond donors (Lipinski definition) is 2. The first-order valence-electron chi connectivity index (χ1n) is 5.24. The van der Waals surface area contributed by atoms with Crippen molar-refractivity contribution in [2.45, 2.75) is 19.9 Å². The van der Waals surface area contributed by atoms with Crippen molar-refractivity contribution in [2.24, 2.45) is 0 Å². The number of ether oxygens (including phenoxy) is 1. The molecule has 3 N–H and O–H groups in total. The minimum atomic E-state index is -0.0105. The van der Waals surface area contributed by atoms with E-state index in [0.29, 0.717) is 19.6 Å². The molecule has 0 aliphatic carbocycles. The molecule has 0 heterocycles. The molecule has 0 fully saturated rings. The molecule has 0 aromatic heterocycles. The van der Waals surface area contributed by atoms with Gasteiger partial charge in [0.2, 0.25) is 5.91 Å². The third-order valence-electron chi connectivity index (χ3n) is 2.50. The van der Waals surface area contributed by atoms with E-state index in [9.17, 15) is 4.79 Å². The van der Waals surface area contributed by atoms with Crippen LogP contribution in [-0.4, -0.2) is 19.6 Å². The minimum absolute atomic E-state index is 0.0105. The molecule has 0 saturated carbocycles. The van der Waals surface area contributed by atoms with Crippen LogP contribution in [0.4, 0.5) is 5.69 Å². The lowest BCUT2D eigenvalue weighted by atomic mass is 10.1. The van der Waals surface area contributed by atoms with Crippen molar-refractivity contribution >= 4 is 11.6 Å². The number of carbonyl (C=O) groups excluding carboxylic acids is 1. The van der Waals surface area contributed by atoms with Crippen molar-refractivity contribution in [1.29, 1.82) is 0 Å². The zero-order chi connectivity index (χ0) is 12.0. The van der Waals surface area contributed by atoms with E-state index in [1.54, 1.807) is 7.11 Å². The second kappa shape index (κ2) is 6.12. The van der Waals surface area contributed by atoms with Crippen LogP contribution in [0.5, 0.6) is 0 Å². The maximum absolute atomic E-state index is 11.3. The van der Waals surface area contributed by atoms with E-state index in [1.165, 1.54) is 0 Å². The van der Waals surface area contributed by atoms with Gasteiger partial charge in [-0.25, -0.2) is 0 Å². The number of benzene rings is 1. The fourth-order valence-corrected chi connectivity index (χ4v) is 1.37. The predicted molar refractivity (Wildman–Crippen MR) is 63.9 cm³/mol. The van der Waals surface area contributed by atoms with Crippen LogP contribution in [-0.2, 0) is 16.1 Å². The number of hydrogen-bond acceptors (Lipinski definition) is 3. The number of nitrogens with one attached hydrogen (secondary N) is 1. The van der Waals surface area contributed by atoms with Gasteiger partial charge in [0.1, 0.15) is 0 Å². The molecular formula is C12H18N2O2. The van der Waals surface area contributed by atoms with E-state index in [0.717, 1.165) is 16.8 Å². The van der Waals surface area contributed by atoms with Gasteiger partial charge in [-0.2, -0.15) is 0 Å². The Balaban J connectivity index is 2.48. The molecule has 1 aromatic carbocycles. The number of anilines is 1. The number of rotatable bonds is 5. The van der Waals surface area contributed by atoms with Crippen LogP contribution in [0.25, 0.3) is 0 Å². The third-order valence-corrected chi connectivity index (χ3v) is 2.50. The highest BCUT2D eigenvalue weighted by Gasteiger charge is 2.04. The molecule has 1 aromatic rings. The molecule has 0 atom stereocenters. The topological polar surface area (TPSA) is 64.3 Å². The van der Waals surface area contributed by atoms with Crippen molar-refractivity contribution in [3.05, 3.63) is 29.3 Å². The first-order chi connectivity index (χ1) is 7.65. The molecule has 0 aliphatic rings. The van der Waals surface area contributed by atoms with E-state index in [2.05, 4.69) is 5.32 Å². The highest BCUT2D eigenvalue weighted by molar-refractivity contribution is 5.76. The minimum Gasteiger partial charge on any atom is -0.399 e. The number of nitrogens with two attached hydrogens (primary N) is 1. The van der Waals surface area contributed by atoms with Gasteiger partial charge < -0.3 is 15.8 Å². The molecule has 4 heteroatoms. The summed E-state index contributed by atoms with van der Waals surface area (Å²) in [7, 11) is 1.58. The van der Waals surface area contributed by atoms with Crippen LogP contribution in [0.15, 0.2) is 18.2 Å². The van der Waals surface area contributed by atoms with Crippen molar-refractivity contribution in [2.75, 3.05) is 19.5 Å². The van der Waals surface area contributed by atoms with Crippen molar-refractivity contribution in [3.63, 3.8) is 0 Å². The van der Waals surface area contributed by atoms with Gasteiger partial charge in [-0.3, -0.25) is 4.79 Å². The molecular weight excluding hydrogens is 204 g/mol. The Bertz CT molecular complexity index is 364. The zero-order valence-corrected chi connectivity index (χ0v) is 9.75. The smallest absolute Gasteiger partial charge is 0.222 e. The fraction of sp³-hybridized carbons (Fsp3) is 0.417. The Labute approximate surface area is 95.8 Å². The molecule has 0 spiro atoms. The lowest BCUT2D eigenvalue weighted by molar-refractivity contribution is -0.122. The Morgan fingerprint density at radius 1 is 1.50 bits per heavy atom. The van der Waals surface area contributed by atoms with Gasteiger partial charge in [-0.15, -0.1) is 0 Å². The average molecular weight is 222 g/mol. The molecule has 1 amide bonds. The number of methoxy groups -OCH3 is 1. The zero-order valence-electron chi connectivity index (χ0n) is 9.75. The molecule has 1 rings (SSSR count). The summed E-state index contributed by atoms with van der Waals surface area (Å²) in [6.07, 6.45) is 0.387. The summed E-state index contributed by atoms with van der Waals surface area (Å²) in [6, 6.07) is 5.70. The molecule has 0 aliphatic heterocycles. The number of nitrogen functional groups attached to an aromatic ring is 1. The second-order valence-electron chi connectivity index (χ2n) is 3.65. The van der Waals surface area contributed by atoms with Gasteiger partial charge >= 0.3 is 0 Å². The van der Waals surface area contributed by atoms with Crippen LogP contribution < -0.4 is 11.1 Å². The maximum Gasteiger partial charge on any atom is 0.222 e. The van der Waals surface area contributed by atoms with Gasteiger partial charge in [0.25, 0.3) is 0 Å². The van der Waals surface area contributed by atoms with Crippen LogP contribution in [0.2, 0.25) is 0 Å². The van der Waals surface area contributed by atoms with E-state index in [-0.39, 0.29) is 5.91 Å². The van der Waals surface area contributed by atoms with Crippen LogP contribution in [0, 0.1) is 6.92 Å². The third kappa shape index (κ3) is 3.55. The van der Waals surface area contributed by atoms with Crippen molar-refractivity contribution < 1.29 is 9.53 Å². The number of carbonyl (C=O) groups is 1. The van der Waals surface area contributed by atoms with Gasteiger partial charge in [0.15, 0.2) is 0 Å². The lowest BCUT2D eigenvalue weighted by Crippen LogP contribution is -2.24. The SMILES string of the molecule is COCCC(=O)NCc1cccc(N)c1C. The molecule has 16 heavy (non-hydrogen) atoms. The van der Waals surface area contributed by atoms with E-state index in [4.69, 9.17) is 10.5 Å². The summed E-state index contributed by atoms with van der Waals surface area (Å²) in [5.74, 6) is -0.0105. The van der Waals surface area contributed by atoms with Gasteiger partial charge in [0.05, 0.1) is 6.61 Å². The quantitative estimate of drug-likeness (QED) is 0.736. The monoisotopic (exact) mass is 222 g/mol. The first-order valence-corrected chi connectivity index (χ1v) is 5.24. The van der Waals surface area contributed by atoms with Gasteiger partial charge in [0, 0.05) is 25.8 Å².